The number of benzene rings is 1. The Hall–Kier alpha value is -0.960. The quantitative estimate of drug-likeness (QED) is 0.566. The highest BCUT2D eigenvalue weighted by Gasteiger charge is 2.20. The van der Waals surface area contributed by atoms with Gasteiger partial charge in [0.25, 0.3) is 0 Å². The Kier molecular flexibility index (Phi) is 5.08. The van der Waals surface area contributed by atoms with Crippen molar-refractivity contribution in [2.45, 2.75) is 17.4 Å². The van der Waals surface area contributed by atoms with E-state index in [9.17, 15) is 13.5 Å². The molecular formula is C11H19N3O3S2. The third-order valence-electron chi connectivity index (χ3n) is 2.47. The Morgan fingerprint density at radius 2 is 2.11 bits per heavy atom. The molecule has 0 aromatic heterocycles. The number of primary sulfonamides is 1. The molecule has 1 aromatic carbocycles. The molecule has 1 unspecified atom stereocenters. The highest BCUT2D eigenvalue weighted by atomic mass is 32.2. The van der Waals surface area contributed by atoms with E-state index in [-0.39, 0.29) is 11.4 Å². The van der Waals surface area contributed by atoms with Crippen LogP contribution in [0.25, 0.3) is 0 Å². The Bertz CT molecular complexity index is 544. The van der Waals surface area contributed by atoms with E-state index in [0.717, 1.165) is 0 Å². The molecule has 1 atom stereocenters. The zero-order chi connectivity index (χ0) is 14.7. The van der Waals surface area contributed by atoms with E-state index in [1.807, 2.05) is 6.26 Å². The van der Waals surface area contributed by atoms with Crippen LogP contribution in [0.15, 0.2) is 23.1 Å². The van der Waals surface area contributed by atoms with Crippen molar-refractivity contribution in [3.05, 3.63) is 18.2 Å². The maximum absolute atomic E-state index is 11.3. The Balaban J connectivity index is 2.90. The molecule has 108 valence electrons. The molecule has 1 rings (SSSR count). The fourth-order valence-corrected chi connectivity index (χ4v) is 2.78. The minimum absolute atomic E-state index is 0.0197. The monoisotopic (exact) mass is 305 g/mol. The van der Waals surface area contributed by atoms with Gasteiger partial charge in [0.05, 0.1) is 21.9 Å². The van der Waals surface area contributed by atoms with Crippen molar-refractivity contribution in [2.24, 2.45) is 5.14 Å². The maximum atomic E-state index is 11.3. The van der Waals surface area contributed by atoms with Crippen molar-refractivity contribution in [3.8, 4) is 0 Å². The first-order valence-corrected chi connectivity index (χ1v) is 8.47. The molecule has 0 aliphatic carbocycles. The fraction of sp³-hybridized carbons (Fsp3) is 0.455. The summed E-state index contributed by atoms with van der Waals surface area (Å²) in [5.41, 5.74) is 5.67. The van der Waals surface area contributed by atoms with Gasteiger partial charge < -0.3 is 16.2 Å². The topological polar surface area (TPSA) is 118 Å². The van der Waals surface area contributed by atoms with E-state index in [2.05, 4.69) is 5.32 Å². The highest BCUT2D eigenvalue weighted by Crippen LogP contribution is 2.23. The number of nitrogens with one attached hydrogen (secondary N) is 1. The van der Waals surface area contributed by atoms with Crippen LogP contribution in [0.2, 0.25) is 0 Å². The standard InChI is InChI=1S/C11H19N3O3S2/c1-11(15,7-18-2)6-14-10-5-8(19(13,16)17)3-4-9(10)12/h3-5,14-15H,6-7,12H2,1-2H3,(H2,13,16,17). The second-order valence-corrected chi connectivity index (χ2v) is 7.01. The van der Waals surface area contributed by atoms with Gasteiger partial charge in [0, 0.05) is 12.3 Å². The van der Waals surface area contributed by atoms with Crippen LogP contribution in [0.4, 0.5) is 11.4 Å². The number of hydrogen-bond acceptors (Lipinski definition) is 6. The summed E-state index contributed by atoms with van der Waals surface area (Å²) in [7, 11) is -3.77. The van der Waals surface area contributed by atoms with Gasteiger partial charge in [0.15, 0.2) is 0 Å². The molecule has 6 N–H and O–H groups in total. The number of sulfonamides is 1. The minimum Gasteiger partial charge on any atom is -0.397 e. The van der Waals surface area contributed by atoms with Gasteiger partial charge in [-0.2, -0.15) is 11.8 Å². The predicted octanol–water partition coefficient (Wildman–Crippen LogP) is 0.442. The average molecular weight is 305 g/mol. The molecule has 6 nitrogen and oxygen atoms in total. The predicted molar refractivity (Wildman–Crippen MR) is 79.7 cm³/mol. The Labute approximate surface area is 117 Å². The summed E-state index contributed by atoms with van der Waals surface area (Å²) in [6, 6.07) is 4.17. The van der Waals surface area contributed by atoms with Crippen LogP contribution in [0.3, 0.4) is 0 Å². The first kappa shape index (κ1) is 16.1. The Morgan fingerprint density at radius 3 is 2.63 bits per heavy atom. The first-order valence-electron chi connectivity index (χ1n) is 5.53. The van der Waals surface area contributed by atoms with Crippen LogP contribution in [0.5, 0.6) is 0 Å². The van der Waals surface area contributed by atoms with Crippen LogP contribution in [0.1, 0.15) is 6.92 Å². The van der Waals surface area contributed by atoms with E-state index in [4.69, 9.17) is 10.9 Å². The SMILES string of the molecule is CSCC(C)(O)CNc1cc(S(N)(=O)=O)ccc1N. The third-order valence-corrected chi connectivity index (χ3v) is 4.29. The van der Waals surface area contributed by atoms with Gasteiger partial charge in [-0.15, -0.1) is 0 Å². The summed E-state index contributed by atoms with van der Waals surface area (Å²) in [5, 5.41) is 18.0. The van der Waals surface area contributed by atoms with Gasteiger partial charge >= 0.3 is 0 Å². The second kappa shape index (κ2) is 6.00. The van der Waals surface area contributed by atoms with E-state index in [1.54, 1.807) is 6.92 Å². The molecule has 0 bridgehead atoms. The molecule has 1 aromatic rings. The molecule has 0 radical (unpaired) electrons. The number of thioether (sulfide) groups is 1. The third kappa shape index (κ3) is 4.90. The molecular weight excluding hydrogens is 286 g/mol. The number of hydrogen-bond donors (Lipinski definition) is 4. The first-order chi connectivity index (χ1) is 8.65. The summed E-state index contributed by atoms with van der Waals surface area (Å²) in [6.45, 7) is 1.95. The van der Waals surface area contributed by atoms with Gasteiger partial charge in [-0.1, -0.05) is 0 Å². The molecule has 0 fully saturated rings. The highest BCUT2D eigenvalue weighted by molar-refractivity contribution is 7.98. The van der Waals surface area contributed by atoms with Crippen molar-refractivity contribution in [1.82, 2.24) is 0 Å². The van der Waals surface area contributed by atoms with Crippen LogP contribution in [-0.2, 0) is 10.0 Å². The number of nitrogens with two attached hydrogens (primary N) is 2. The van der Waals surface area contributed by atoms with E-state index in [1.165, 1.54) is 30.0 Å². The molecule has 8 heteroatoms. The van der Waals surface area contributed by atoms with Crippen LogP contribution >= 0.6 is 11.8 Å². The molecule has 0 aliphatic heterocycles. The lowest BCUT2D eigenvalue weighted by molar-refractivity contribution is 0.0997. The number of anilines is 2. The van der Waals surface area contributed by atoms with Gasteiger partial charge in [-0.05, 0) is 31.4 Å². The molecule has 0 saturated carbocycles. The van der Waals surface area contributed by atoms with Crippen molar-refractivity contribution in [3.63, 3.8) is 0 Å². The smallest absolute Gasteiger partial charge is 0.238 e. The molecule has 0 heterocycles. The van der Waals surface area contributed by atoms with Gasteiger partial charge in [0.1, 0.15) is 0 Å². The lowest BCUT2D eigenvalue weighted by Gasteiger charge is -2.23. The fourth-order valence-electron chi connectivity index (χ4n) is 1.51. The summed E-state index contributed by atoms with van der Waals surface area (Å²) in [5.74, 6) is 0.550. The largest absolute Gasteiger partial charge is 0.397 e. The maximum Gasteiger partial charge on any atom is 0.238 e. The Morgan fingerprint density at radius 1 is 1.47 bits per heavy atom. The lowest BCUT2D eigenvalue weighted by atomic mass is 10.1. The van der Waals surface area contributed by atoms with Gasteiger partial charge in [-0.3, -0.25) is 0 Å². The van der Waals surface area contributed by atoms with Crippen molar-refractivity contribution in [1.29, 1.82) is 0 Å². The minimum atomic E-state index is -3.77. The molecule has 19 heavy (non-hydrogen) atoms. The number of rotatable bonds is 6. The van der Waals surface area contributed by atoms with Crippen LogP contribution in [-0.4, -0.2) is 37.7 Å². The van der Waals surface area contributed by atoms with E-state index < -0.39 is 15.6 Å². The van der Waals surface area contributed by atoms with Crippen molar-refractivity contribution >= 4 is 33.2 Å². The summed E-state index contributed by atoms with van der Waals surface area (Å²) in [4.78, 5) is -0.0197. The zero-order valence-corrected chi connectivity index (χ0v) is 12.5. The second-order valence-electron chi connectivity index (χ2n) is 4.58. The van der Waals surface area contributed by atoms with E-state index >= 15 is 0 Å². The normalized spacial score (nSPS) is 14.9. The summed E-state index contributed by atoms with van der Waals surface area (Å²) < 4.78 is 22.5. The zero-order valence-electron chi connectivity index (χ0n) is 10.9. The molecule has 0 saturated heterocycles. The van der Waals surface area contributed by atoms with Gasteiger partial charge in [-0.25, -0.2) is 13.6 Å². The van der Waals surface area contributed by atoms with Crippen molar-refractivity contribution < 1.29 is 13.5 Å². The lowest BCUT2D eigenvalue weighted by Crippen LogP contribution is -2.36. The average Bonchev–Trinajstić information content (AvgIpc) is 2.26. The van der Waals surface area contributed by atoms with Crippen LogP contribution in [0, 0.1) is 0 Å². The number of nitrogen functional groups attached to an aromatic ring is 1. The molecule has 0 aliphatic rings. The van der Waals surface area contributed by atoms with Crippen LogP contribution < -0.4 is 16.2 Å². The summed E-state index contributed by atoms with van der Waals surface area (Å²) >= 11 is 1.52. The molecule has 0 spiro atoms. The number of aliphatic hydroxyl groups is 1. The van der Waals surface area contributed by atoms with Gasteiger partial charge in [0.2, 0.25) is 10.0 Å². The van der Waals surface area contributed by atoms with E-state index in [0.29, 0.717) is 17.1 Å². The molecule has 0 amide bonds. The van der Waals surface area contributed by atoms with Crippen molar-refractivity contribution in [2.75, 3.05) is 29.6 Å². The summed E-state index contributed by atoms with van der Waals surface area (Å²) in [6.07, 6.45) is 1.89.